The molecule has 0 spiro atoms. The number of pyridine rings is 6. The largest absolute Gasteiger partial charge is 0.264 e. The van der Waals surface area contributed by atoms with E-state index in [1.54, 1.807) is 6.20 Å². The van der Waals surface area contributed by atoms with Crippen LogP contribution in [-0.4, -0.2) is 49.8 Å². The van der Waals surface area contributed by atoms with E-state index >= 15 is 0 Å². The molecule has 0 saturated carbocycles. The number of nitrogens with zero attached hydrogens (tertiary/aromatic N) is 10. The molecule has 10 nitrogen and oxygen atoms in total. The molecule has 8 aromatic carbocycles. The van der Waals surface area contributed by atoms with Gasteiger partial charge in [-0.2, -0.15) is 0 Å². The Kier molecular flexibility index (Phi) is 21.8. The van der Waals surface area contributed by atoms with E-state index in [-0.39, 0.29) is 0 Å². The van der Waals surface area contributed by atoms with Gasteiger partial charge in [0, 0.05) is 104 Å². The summed E-state index contributed by atoms with van der Waals surface area (Å²) in [6.45, 7) is 16.1. The molecule has 0 aliphatic carbocycles. The highest BCUT2D eigenvalue weighted by Gasteiger charge is 1.99. The van der Waals surface area contributed by atoms with Gasteiger partial charge in [0.1, 0.15) is 5.82 Å². The molecule has 8 heterocycles. The molecule has 0 radical (unpaired) electrons. The van der Waals surface area contributed by atoms with Gasteiger partial charge < -0.3 is 0 Å². The van der Waals surface area contributed by atoms with Crippen molar-refractivity contribution < 1.29 is 0 Å². The Balaban J connectivity index is 0.000000120. The Bertz CT molecular complexity index is 4220. The third-order valence-corrected chi connectivity index (χ3v) is 14.0. The van der Waals surface area contributed by atoms with Crippen LogP contribution in [0.1, 0.15) is 45.3 Å². The molecular formula is C78H70N10. The summed E-state index contributed by atoms with van der Waals surface area (Å²) in [5.74, 6) is 0.823. The van der Waals surface area contributed by atoms with Crippen molar-refractivity contribution in [2.24, 2.45) is 0 Å². The number of para-hydroxylation sites is 6. The van der Waals surface area contributed by atoms with Crippen molar-refractivity contribution >= 4 is 87.0 Å². The molecule has 0 amide bonds. The maximum Gasteiger partial charge on any atom is 0.125 e. The average molecular weight is 1150 g/mol. The van der Waals surface area contributed by atoms with Crippen molar-refractivity contribution in [1.82, 2.24) is 49.8 Å². The van der Waals surface area contributed by atoms with Gasteiger partial charge in [-0.3, -0.25) is 34.9 Å². The van der Waals surface area contributed by atoms with Crippen LogP contribution in [0.5, 0.6) is 0 Å². The molecule has 0 fully saturated rings. The van der Waals surface area contributed by atoms with E-state index < -0.39 is 0 Å². The lowest BCUT2D eigenvalue weighted by molar-refractivity contribution is 1.09. The number of fused-ring (bicyclic) bond motifs is 8. The minimum atomic E-state index is 0.823. The fraction of sp³-hybridized carbons (Fsp3) is 0.103. The first-order chi connectivity index (χ1) is 42.9. The Labute approximate surface area is 514 Å². The highest BCUT2D eigenvalue weighted by Crippen LogP contribution is 2.19. The number of aromatic nitrogens is 10. The highest BCUT2D eigenvalue weighted by molar-refractivity contribution is 5.86. The summed E-state index contributed by atoms with van der Waals surface area (Å²) in [7, 11) is 0. The maximum atomic E-state index is 4.38. The summed E-state index contributed by atoms with van der Waals surface area (Å²) >= 11 is 0. The lowest BCUT2D eigenvalue weighted by atomic mass is 10.1. The molecule has 0 N–H and O–H groups in total. The Morgan fingerprint density at radius 1 is 0.239 bits per heavy atom. The molecule has 10 heteroatoms. The third kappa shape index (κ3) is 17.7. The number of aryl methyl sites for hydroxylation is 8. The van der Waals surface area contributed by atoms with Gasteiger partial charge in [0.15, 0.2) is 0 Å². The van der Waals surface area contributed by atoms with Crippen LogP contribution in [0.3, 0.4) is 0 Å². The number of hydrogen-bond donors (Lipinski definition) is 0. The first-order valence-corrected chi connectivity index (χ1v) is 29.2. The topological polar surface area (TPSA) is 129 Å². The van der Waals surface area contributed by atoms with Gasteiger partial charge in [-0.25, -0.2) is 15.0 Å². The Morgan fingerprint density at radius 2 is 0.773 bits per heavy atom. The van der Waals surface area contributed by atoms with Crippen LogP contribution < -0.4 is 0 Å². The molecule has 0 aliphatic heterocycles. The van der Waals surface area contributed by atoms with E-state index in [2.05, 4.69) is 149 Å². The van der Waals surface area contributed by atoms with Crippen molar-refractivity contribution in [3.8, 4) is 0 Å². The van der Waals surface area contributed by atoms with Crippen molar-refractivity contribution in [2.45, 2.75) is 55.4 Å². The predicted molar refractivity (Wildman–Crippen MR) is 367 cm³/mol. The van der Waals surface area contributed by atoms with Gasteiger partial charge in [0.05, 0.1) is 38.8 Å². The molecule has 0 unspecified atom stereocenters. The van der Waals surface area contributed by atoms with Gasteiger partial charge in [-0.05, 0) is 155 Å². The van der Waals surface area contributed by atoms with Gasteiger partial charge in [-0.15, -0.1) is 0 Å². The molecular weight excluding hydrogens is 1080 g/mol. The van der Waals surface area contributed by atoms with E-state index in [0.717, 1.165) is 67.1 Å². The third-order valence-electron chi connectivity index (χ3n) is 14.0. The fourth-order valence-corrected chi connectivity index (χ4v) is 9.43. The molecule has 0 atom stereocenters. The molecule has 0 saturated heterocycles. The van der Waals surface area contributed by atoms with Gasteiger partial charge in [0.25, 0.3) is 0 Å². The molecule has 16 aromatic rings. The summed E-state index contributed by atoms with van der Waals surface area (Å²) < 4.78 is 0. The zero-order valence-electron chi connectivity index (χ0n) is 51.0. The monoisotopic (exact) mass is 1150 g/mol. The van der Waals surface area contributed by atoms with Crippen molar-refractivity contribution in [3.63, 3.8) is 0 Å². The lowest BCUT2D eigenvalue weighted by Crippen LogP contribution is -1.86. The van der Waals surface area contributed by atoms with Crippen LogP contribution in [0.2, 0.25) is 0 Å². The van der Waals surface area contributed by atoms with E-state index in [9.17, 15) is 0 Å². The van der Waals surface area contributed by atoms with Gasteiger partial charge in [0.2, 0.25) is 0 Å². The van der Waals surface area contributed by atoms with Gasteiger partial charge in [-0.1, -0.05) is 164 Å². The average Bonchev–Trinajstić information content (AvgIpc) is 3.76. The van der Waals surface area contributed by atoms with Crippen LogP contribution in [0.25, 0.3) is 87.0 Å². The Morgan fingerprint density at radius 3 is 1.49 bits per heavy atom. The van der Waals surface area contributed by atoms with E-state index in [1.165, 1.54) is 65.2 Å². The Hall–Kier alpha value is -11.1. The first-order valence-electron chi connectivity index (χ1n) is 29.2. The van der Waals surface area contributed by atoms with E-state index in [1.807, 2.05) is 230 Å². The minimum absolute atomic E-state index is 0.823. The van der Waals surface area contributed by atoms with Crippen LogP contribution >= 0.6 is 0 Å². The van der Waals surface area contributed by atoms with Crippen LogP contribution in [0.15, 0.2) is 280 Å². The number of benzene rings is 8. The summed E-state index contributed by atoms with van der Waals surface area (Å²) in [6.07, 6.45) is 14.9. The van der Waals surface area contributed by atoms with Crippen molar-refractivity contribution in [3.05, 3.63) is 325 Å². The smallest absolute Gasteiger partial charge is 0.125 e. The maximum absolute atomic E-state index is 4.38. The second-order valence-electron chi connectivity index (χ2n) is 20.9. The second kappa shape index (κ2) is 31.2. The molecule has 16 rings (SSSR count). The van der Waals surface area contributed by atoms with E-state index in [0.29, 0.717) is 0 Å². The predicted octanol–water partition coefficient (Wildman–Crippen LogP) is 19.1. The molecule has 432 valence electrons. The van der Waals surface area contributed by atoms with Gasteiger partial charge >= 0.3 is 0 Å². The zero-order valence-corrected chi connectivity index (χ0v) is 51.0. The van der Waals surface area contributed by atoms with Crippen molar-refractivity contribution in [1.29, 1.82) is 0 Å². The highest BCUT2D eigenvalue weighted by atomic mass is 14.9. The first kappa shape index (κ1) is 61.5. The molecule has 8 aromatic heterocycles. The second-order valence-corrected chi connectivity index (χ2v) is 20.9. The molecule has 0 aliphatic rings. The van der Waals surface area contributed by atoms with E-state index in [4.69, 9.17) is 0 Å². The normalized spacial score (nSPS) is 10.3. The zero-order chi connectivity index (χ0) is 61.5. The molecule has 0 bridgehead atoms. The number of rotatable bonds is 0. The minimum Gasteiger partial charge on any atom is -0.264 e. The van der Waals surface area contributed by atoms with Crippen LogP contribution in [-0.2, 0) is 0 Å². The quantitative estimate of drug-likeness (QED) is 0.145. The lowest BCUT2D eigenvalue weighted by Gasteiger charge is -1.98. The van der Waals surface area contributed by atoms with Crippen LogP contribution in [0.4, 0.5) is 0 Å². The summed E-state index contributed by atoms with van der Waals surface area (Å²) in [6, 6.07) is 77.5. The number of hydrogen-bond acceptors (Lipinski definition) is 10. The summed E-state index contributed by atoms with van der Waals surface area (Å²) in [5.41, 5.74) is 14.1. The fourth-order valence-electron chi connectivity index (χ4n) is 9.43. The SMILES string of the molecule is Cc1cc2ccccc2cn1.Cc1ccc2ccccc2n1.Cc1ccnc2ccccc12.Cc1cnc2ccccc2c1.Cc1cnc2ccccc2n1.Cc1cncc2ccccc12.Cc1ncc2ccccc2n1.Cc1nccc2ccccc12. The summed E-state index contributed by atoms with van der Waals surface area (Å²) in [5, 5.41) is 12.3. The van der Waals surface area contributed by atoms with Crippen molar-refractivity contribution in [2.75, 3.05) is 0 Å². The molecule has 88 heavy (non-hydrogen) atoms. The summed E-state index contributed by atoms with van der Waals surface area (Å²) in [4.78, 5) is 42.3. The van der Waals surface area contributed by atoms with Crippen LogP contribution in [0, 0.1) is 55.4 Å². The standard InChI is InChI=1S/6C10H9N.2C9H8N2/c1-8-6-11-7-9-4-2-3-5-10(8)9;1-8-6-9-4-2-3-5-10(9)7-11-8;1-8-6-9-4-2-3-5-10(9)11-7-8;1-8-10-5-3-2-4-9(10)6-7-11-8;1-8-6-7-11-10-5-3-2-4-9(8)10;1-8-6-7-9-4-2-3-5-10(9)11-8;1-7-10-6-8-4-2-3-5-9(8)11-7;1-7-6-10-8-4-2-3-5-9(8)11-7/h6*2-7H,1H3;2*2-6H,1H3.